The fourth-order valence-electron chi connectivity index (χ4n) is 1.00. The van der Waals surface area contributed by atoms with E-state index in [1.165, 1.54) is 0 Å². The molecular weight excluding hydrogens is 172 g/mol. The highest BCUT2D eigenvalue weighted by Crippen LogP contribution is 1.97. The second-order valence-corrected chi connectivity index (χ2v) is 2.36. The number of H-pyrrole nitrogens is 1. The highest BCUT2D eigenvalue weighted by molar-refractivity contribution is 5.68. The minimum Gasteiger partial charge on any atom is -0.339 e. The fraction of sp³-hybridized carbons (Fsp3) is 0.286. The molecule has 0 atom stereocenters. The number of hydrogen-bond acceptors (Lipinski definition) is 3. The third kappa shape index (κ3) is 0.851. The number of rotatable bonds is 0. The van der Waals surface area contributed by atoms with Crippen molar-refractivity contribution in [3.05, 3.63) is 27.2 Å². The van der Waals surface area contributed by atoms with Gasteiger partial charge in [0.2, 0.25) is 0 Å². The smallest absolute Gasteiger partial charge is 0.332 e. The van der Waals surface area contributed by atoms with Gasteiger partial charge in [-0.15, -0.1) is 0 Å². The molecule has 0 radical (unpaired) electrons. The molecule has 68 valence electrons. The molecule has 0 saturated carbocycles. The molecule has 2 rings (SSSR count). The second kappa shape index (κ2) is 2.32. The van der Waals surface area contributed by atoms with Crippen LogP contribution in [-0.2, 0) is 14.0 Å². The van der Waals surface area contributed by atoms with Crippen LogP contribution in [0.2, 0.25) is 0 Å². The Morgan fingerprint density at radius 3 is 2.92 bits per heavy atom. The maximum atomic E-state index is 11.9. The molecule has 0 aliphatic carbocycles. The summed E-state index contributed by atoms with van der Waals surface area (Å²) in [6, 6.07) is 0. The molecule has 0 fully saturated rings. The number of nitrogens with one attached hydrogen (secondary N) is 1. The molecule has 1 N–H and O–H groups in total. The Hall–Kier alpha value is -1.85. The first kappa shape index (κ1) is 3.49. The molecule has 0 aromatic carbocycles. The van der Waals surface area contributed by atoms with E-state index >= 15 is 0 Å². The Morgan fingerprint density at radius 2 is 2.23 bits per heavy atom. The summed E-state index contributed by atoms with van der Waals surface area (Å²) in [6.45, 7) is -6.04. The predicted molar refractivity (Wildman–Crippen MR) is 46.6 cm³/mol. The Balaban J connectivity index is 3.10. The van der Waals surface area contributed by atoms with Gasteiger partial charge in [-0.25, -0.2) is 9.78 Å². The third-order valence-corrected chi connectivity index (χ3v) is 1.63. The minimum absolute atomic E-state index is 0.0834. The van der Waals surface area contributed by atoms with Crippen molar-refractivity contribution in [2.75, 3.05) is 0 Å². The van der Waals surface area contributed by atoms with Crippen LogP contribution in [0.4, 0.5) is 0 Å². The SMILES string of the molecule is [2H]C([2H])([2H])n1c(=O)c2[nH]cnc2n(C([2H])([2H])[2H])c1=O. The molecule has 0 aliphatic rings. The third-order valence-electron chi connectivity index (χ3n) is 1.63. The number of aromatic nitrogens is 4. The summed E-state index contributed by atoms with van der Waals surface area (Å²) in [4.78, 5) is 29.7. The first-order chi connectivity index (χ1) is 8.55. The van der Waals surface area contributed by atoms with Crippen LogP contribution < -0.4 is 11.2 Å². The van der Waals surface area contributed by atoms with Gasteiger partial charge in [0.25, 0.3) is 5.56 Å². The number of aromatic amines is 1. The van der Waals surface area contributed by atoms with Crippen LogP contribution in [0.25, 0.3) is 11.2 Å². The molecule has 13 heavy (non-hydrogen) atoms. The molecule has 0 amide bonds. The molecule has 0 bridgehead atoms. The molecule has 0 aliphatic heterocycles. The van der Waals surface area contributed by atoms with Gasteiger partial charge in [-0.2, -0.15) is 0 Å². The molecule has 6 nitrogen and oxygen atoms in total. The van der Waals surface area contributed by atoms with E-state index in [0.29, 0.717) is 0 Å². The monoisotopic (exact) mass is 186 g/mol. The standard InChI is InChI=1S/C7H8N4O2/c1-10-5-4(8-3-9-5)6(12)11(2)7(10)13/h3H,1-2H3,(H,8,9)/i1D3,2D3. The lowest BCUT2D eigenvalue weighted by atomic mass is 10.5. The molecule has 2 aromatic rings. The zero-order chi connectivity index (χ0) is 14.6. The summed E-state index contributed by atoms with van der Waals surface area (Å²) in [5, 5.41) is 0. The van der Waals surface area contributed by atoms with Crippen LogP contribution in [0.1, 0.15) is 8.22 Å². The molecular formula is C7H8N4O2. The zero-order valence-corrected chi connectivity index (χ0v) is 6.24. The maximum Gasteiger partial charge on any atom is 0.332 e. The van der Waals surface area contributed by atoms with E-state index < -0.39 is 30.8 Å². The predicted octanol–water partition coefficient (Wildman–Crippen LogP) is -1.04. The summed E-state index contributed by atoms with van der Waals surface area (Å²) < 4.78 is 43.3. The Morgan fingerprint density at radius 1 is 1.46 bits per heavy atom. The van der Waals surface area contributed by atoms with Crippen LogP contribution in [-0.4, -0.2) is 19.1 Å². The second-order valence-electron chi connectivity index (χ2n) is 2.36. The summed E-state index contributed by atoms with van der Waals surface area (Å²) in [5.41, 5.74) is -3.36. The van der Waals surface area contributed by atoms with E-state index in [1.54, 1.807) is 0 Å². The van der Waals surface area contributed by atoms with Crippen molar-refractivity contribution < 1.29 is 8.22 Å². The summed E-state index contributed by atoms with van der Waals surface area (Å²) >= 11 is 0. The minimum atomic E-state index is -3.08. The summed E-state index contributed by atoms with van der Waals surface area (Å²) in [6.07, 6.45) is 1.01. The average molecular weight is 186 g/mol. The van der Waals surface area contributed by atoms with E-state index in [4.69, 9.17) is 8.22 Å². The van der Waals surface area contributed by atoms with Gasteiger partial charge in [-0.1, -0.05) is 0 Å². The molecule has 2 aromatic heterocycles. The van der Waals surface area contributed by atoms with Gasteiger partial charge in [-0.05, 0) is 0 Å². The summed E-state index contributed by atoms with van der Waals surface area (Å²) in [5.74, 6) is 0. The van der Waals surface area contributed by atoms with Gasteiger partial charge in [0.15, 0.2) is 5.65 Å². The van der Waals surface area contributed by atoms with Gasteiger partial charge >= 0.3 is 5.69 Å². The first-order valence-corrected chi connectivity index (χ1v) is 3.27. The summed E-state index contributed by atoms with van der Waals surface area (Å²) in [7, 11) is 0. The van der Waals surface area contributed by atoms with E-state index in [9.17, 15) is 9.59 Å². The van der Waals surface area contributed by atoms with E-state index in [-0.39, 0.29) is 14.7 Å². The van der Waals surface area contributed by atoms with Crippen molar-refractivity contribution in [3.63, 3.8) is 0 Å². The van der Waals surface area contributed by atoms with E-state index in [2.05, 4.69) is 9.97 Å². The first-order valence-electron chi connectivity index (χ1n) is 6.27. The zero-order valence-electron chi connectivity index (χ0n) is 12.2. The highest BCUT2D eigenvalue weighted by atomic mass is 16.2. The van der Waals surface area contributed by atoms with E-state index in [0.717, 1.165) is 6.33 Å². The number of nitrogens with zero attached hydrogens (tertiary/aromatic N) is 3. The molecule has 0 unspecified atom stereocenters. The van der Waals surface area contributed by atoms with Gasteiger partial charge in [0.1, 0.15) is 5.52 Å². The van der Waals surface area contributed by atoms with Gasteiger partial charge in [-0.3, -0.25) is 13.9 Å². The van der Waals surface area contributed by atoms with E-state index in [1.807, 2.05) is 0 Å². The molecule has 0 spiro atoms. The number of hydrogen-bond donors (Lipinski definition) is 1. The largest absolute Gasteiger partial charge is 0.339 e. The van der Waals surface area contributed by atoms with Crippen molar-refractivity contribution in [1.29, 1.82) is 0 Å². The van der Waals surface area contributed by atoms with Gasteiger partial charge < -0.3 is 4.98 Å². The average Bonchev–Trinajstić information content (AvgIpc) is 2.61. The quantitative estimate of drug-likeness (QED) is 0.571. The number of imidazole rings is 1. The van der Waals surface area contributed by atoms with Crippen LogP contribution in [0.5, 0.6) is 0 Å². The van der Waals surface area contributed by atoms with Crippen LogP contribution >= 0.6 is 0 Å². The number of fused-ring (bicyclic) bond motifs is 1. The Kier molecular flexibility index (Phi) is 0.622. The lowest BCUT2D eigenvalue weighted by Gasteiger charge is -2.00. The topological polar surface area (TPSA) is 72.7 Å². The maximum absolute atomic E-state index is 11.9. The van der Waals surface area contributed by atoms with Crippen LogP contribution in [0, 0.1) is 0 Å². The highest BCUT2D eigenvalue weighted by Gasteiger charge is 2.08. The Bertz CT molecular complexity index is 748. The number of aryl methyl sites for hydroxylation is 1. The van der Waals surface area contributed by atoms with Crippen molar-refractivity contribution in [2.24, 2.45) is 14.0 Å². The van der Waals surface area contributed by atoms with Crippen LogP contribution in [0.15, 0.2) is 15.9 Å². The van der Waals surface area contributed by atoms with Gasteiger partial charge in [0.05, 0.1) is 6.33 Å². The fourth-order valence-corrected chi connectivity index (χ4v) is 1.00. The Labute approximate surface area is 80.9 Å². The molecule has 0 saturated heterocycles. The van der Waals surface area contributed by atoms with Crippen molar-refractivity contribution in [1.82, 2.24) is 19.1 Å². The normalized spacial score (nSPS) is 19.7. The van der Waals surface area contributed by atoms with Crippen molar-refractivity contribution in [3.8, 4) is 0 Å². The van der Waals surface area contributed by atoms with Crippen LogP contribution in [0.3, 0.4) is 0 Å². The van der Waals surface area contributed by atoms with Crippen molar-refractivity contribution in [2.45, 2.75) is 0 Å². The van der Waals surface area contributed by atoms with Gasteiger partial charge in [0, 0.05) is 22.2 Å². The van der Waals surface area contributed by atoms with Crippen molar-refractivity contribution >= 4 is 11.2 Å². The lowest BCUT2D eigenvalue weighted by molar-refractivity contribution is 0.709. The molecule has 2 heterocycles. The molecule has 6 heteroatoms. The lowest BCUT2D eigenvalue weighted by Crippen LogP contribution is -2.36.